The number of hydrogen-bond acceptors (Lipinski definition) is 5. The highest BCUT2D eigenvalue weighted by atomic mass is 16.4. The van der Waals surface area contributed by atoms with Gasteiger partial charge in [-0.15, -0.1) is 5.10 Å². The van der Waals surface area contributed by atoms with Crippen LogP contribution in [-0.4, -0.2) is 37.6 Å². The zero-order valence-electron chi connectivity index (χ0n) is 12.2. The predicted molar refractivity (Wildman–Crippen MR) is 80.1 cm³/mol. The second-order valence-electron chi connectivity index (χ2n) is 5.42. The highest BCUT2D eigenvalue weighted by Crippen LogP contribution is 2.25. The number of nitrogens with zero attached hydrogens (tertiary/aromatic N) is 3. The molecule has 0 aliphatic heterocycles. The molecular weight excluding hydrogens is 286 g/mol. The maximum atomic E-state index is 11.3. The summed E-state index contributed by atoms with van der Waals surface area (Å²) in [7, 11) is 0. The minimum Gasteiger partial charge on any atom is -0.477 e. The molecule has 8 heteroatoms. The van der Waals surface area contributed by atoms with Crippen LogP contribution in [0, 0.1) is 0 Å². The van der Waals surface area contributed by atoms with Crippen LogP contribution < -0.4 is 10.6 Å². The molecule has 3 N–H and O–H groups in total. The first kappa shape index (κ1) is 14.3. The largest absolute Gasteiger partial charge is 0.477 e. The molecule has 0 unspecified atom stereocenters. The lowest BCUT2D eigenvalue weighted by Gasteiger charge is -2.14. The number of aromatic nitrogens is 3. The molecule has 0 saturated heterocycles. The monoisotopic (exact) mass is 303 g/mol. The number of hydrogen-bond donors (Lipinski definition) is 3. The maximum Gasteiger partial charge on any atom is 0.354 e. The second kappa shape index (κ2) is 5.63. The van der Waals surface area contributed by atoms with E-state index in [0.717, 1.165) is 18.5 Å². The zero-order chi connectivity index (χ0) is 15.7. The Morgan fingerprint density at radius 3 is 2.68 bits per heavy atom. The molecule has 0 radical (unpaired) electrons. The number of carbonyl (C=O) groups is 2. The molecule has 2 aromatic heterocycles. The Hall–Kier alpha value is -2.64. The van der Waals surface area contributed by atoms with E-state index in [-0.39, 0.29) is 17.5 Å². The van der Waals surface area contributed by atoms with Crippen molar-refractivity contribution in [3.05, 3.63) is 17.8 Å². The second-order valence-corrected chi connectivity index (χ2v) is 5.42. The number of pyridine rings is 1. The summed E-state index contributed by atoms with van der Waals surface area (Å²) in [5.41, 5.74) is 1.12. The standard InChI is InChI=1S/C14H17N5O3/c1-8(20)15-14-17-12-10(16-9-4-2-3-5-9)6-7-11(13(21)22)19(12)18-14/h6-7,9,16H,2-5H2,1H3,(H,21,22)(H,15,18,20). The summed E-state index contributed by atoms with van der Waals surface area (Å²) < 4.78 is 1.24. The molecule has 0 spiro atoms. The highest BCUT2D eigenvalue weighted by molar-refractivity contribution is 5.90. The Morgan fingerprint density at radius 1 is 1.32 bits per heavy atom. The fraction of sp³-hybridized carbons (Fsp3) is 0.429. The summed E-state index contributed by atoms with van der Waals surface area (Å²) in [5.74, 6) is -1.31. The van der Waals surface area contributed by atoms with E-state index in [1.807, 2.05) is 0 Å². The molecule has 0 bridgehead atoms. The van der Waals surface area contributed by atoms with Gasteiger partial charge in [-0.25, -0.2) is 9.31 Å². The van der Waals surface area contributed by atoms with E-state index in [0.29, 0.717) is 11.7 Å². The van der Waals surface area contributed by atoms with E-state index in [4.69, 9.17) is 0 Å². The lowest BCUT2D eigenvalue weighted by atomic mass is 10.2. The predicted octanol–water partition coefficient (Wildman–Crippen LogP) is 1.74. The fourth-order valence-corrected chi connectivity index (χ4v) is 2.74. The Kier molecular flexibility index (Phi) is 3.66. The highest BCUT2D eigenvalue weighted by Gasteiger charge is 2.20. The van der Waals surface area contributed by atoms with Gasteiger partial charge in [-0.05, 0) is 25.0 Å². The Bertz CT molecular complexity index is 733. The molecule has 2 aromatic rings. The molecule has 116 valence electrons. The van der Waals surface area contributed by atoms with E-state index < -0.39 is 5.97 Å². The van der Waals surface area contributed by atoms with Crippen LogP contribution in [0.15, 0.2) is 12.1 Å². The fourth-order valence-electron chi connectivity index (χ4n) is 2.74. The van der Waals surface area contributed by atoms with Crippen molar-refractivity contribution in [1.29, 1.82) is 0 Å². The smallest absolute Gasteiger partial charge is 0.354 e. The summed E-state index contributed by atoms with van der Waals surface area (Å²) in [5, 5.41) is 19.2. The van der Waals surface area contributed by atoms with Gasteiger partial charge < -0.3 is 10.4 Å². The van der Waals surface area contributed by atoms with Crippen molar-refractivity contribution < 1.29 is 14.7 Å². The van der Waals surface area contributed by atoms with Gasteiger partial charge in [0.05, 0.1) is 5.69 Å². The number of carboxylic acid groups (broad SMARTS) is 1. The third-order valence-corrected chi connectivity index (χ3v) is 3.71. The lowest BCUT2D eigenvalue weighted by molar-refractivity contribution is -0.114. The van der Waals surface area contributed by atoms with Gasteiger partial charge in [-0.3, -0.25) is 10.1 Å². The zero-order valence-corrected chi connectivity index (χ0v) is 12.2. The van der Waals surface area contributed by atoms with E-state index in [1.54, 1.807) is 6.07 Å². The number of carboxylic acids is 1. The van der Waals surface area contributed by atoms with Crippen LogP contribution in [0.1, 0.15) is 43.1 Å². The Labute approximate surface area is 126 Å². The van der Waals surface area contributed by atoms with Gasteiger partial charge in [-0.1, -0.05) is 12.8 Å². The molecule has 8 nitrogen and oxygen atoms in total. The molecule has 2 heterocycles. The molecule has 0 aromatic carbocycles. The van der Waals surface area contributed by atoms with Crippen molar-refractivity contribution in [3.63, 3.8) is 0 Å². The first-order chi connectivity index (χ1) is 10.5. The number of fused-ring (bicyclic) bond motifs is 1. The van der Waals surface area contributed by atoms with Crippen LogP contribution in [0.25, 0.3) is 5.65 Å². The number of aromatic carboxylic acids is 1. The summed E-state index contributed by atoms with van der Waals surface area (Å²) in [6.07, 6.45) is 4.54. The first-order valence-electron chi connectivity index (χ1n) is 7.22. The number of nitrogens with one attached hydrogen (secondary N) is 2. The number of amides is 1. The molecule has 1 fully saturated rings. The van der Waals surface area contributed by atoms with E-state index in [9.17, 15) is 14.7 Å². The van der Waals surface area contributed by atoms with Crippen molar-refractivity contribution in [2.45, 2.75) is 38.6 Å². The quantitative estimate of drug-likeness (QED) is 0.794. The third kappa shape index (κ3) is 2.72. The van der Waals surface area contributed by atoms with Crippen LogP contribution in [0.5, 0.6) is 0 Å². The minimum absolute atomic E-state index is 0.00364. The van der Waals surface area contributed by atoms with Crippen molar-refractivity contribution in [1.82, 2.24) is 14.6 Å². The molecule has 0 atom stereocenters. The molecule has 22 heavy (non-hydrogen) atoms. The molecular formula is C14H17N5O3. The number of rotatable bonds is 4. The van der Waals surface area contributed by atoms with E-state index in [1.165, 1.54) is 30.3 Å². The Morgan fingerprint density at radius 2 is 2.05 bits per heavy atom. The van der Waals surface area contributed by atoms with Gasteiger partial charge in [0.1, 0.15) is 0 Å². The van der Waals surface area contributed by atoms with Gasteiger partial charge in [0.25, 0.3) is 0 Å². The average Bonchev–Trinajstić information content (AvgIpc) is 3.07. The van der Waals surface area contributed by atoms with Gasteiger partial charge in [0.15, 0.2) is 11.3 Å². The van der Waals surface area contributed by atoms with Gasteiger partial charge >= 0.3 is 5.97 Å². The summed E-state index contributed by atoms with van der Waals surface area (Å²) in [6.45, 7) is 1.35. The van der Waals surface area contributed by atoms with Gasteiger partial charge in [0, 0.05) is 13.0 Å². The first-order valence-corrected chi connectivity index (χ1v) is 7.22. The molecule has 1 saturated carbocycles. The summed E-state index contributed by atoms with van der Waals surface area (Å²) >= 11 is 0. The van der Waals surface area contributed by atoms with Crippen molar-refractivity contribution >= 4 is 29.2 Å². The maximum absolute atomic E-state index is 11.3. The van der Waals surface area contributed by atoms with E-state index in [2.05, 4.69) is 20.7 Å². The van der Waals surface area contributed by atoms with Crippen LogP contribution in [-0.2, 0) is 4.79 Å². The van der Waals surface area contributed by atoms with Gasteiger partial charge in [0.2, 0.25) is 11.9 Å². The molecule has 1 aliphatic rings. The van der Waals surface area contributed by atoms with Crippen LogP contribution in [0.4, 0.5) is 11.6 Å². The number of anilines is 2. The normalized spacial score (nSPS) is 15.1. The van der Waals surface area contributed by atoms with Crippen LogP contribution in [0.2, 0.25) is 0 Å². The van der Waals surface area contributed by atoms with Crippen LogP contribution in [0.3, 0.4) is 0 Å². The topological polar surface area (TPSA) is 109 Å². The van der Waals surface area contributed by atoms with Crippen molar-refractivity contribution in [2.75, 3.05) is 10.6 Å². The molecule has 1 aliphatic carbocycles. The van der Waals surface area contributed by atoms with Crippen LogP contribution >= 0.6 is 0 Å². The average molecular weight is 303 g/mol. The van der Waals surface area contributed by atoms with Crippen molar-refractivity contribution in [2.24, 2.45) is 0 Å². The Balaban J connectivity index is 2.04. The SMILES string of the molecule is CC(=O)Nc1nc2c(NC3CCCC3)ccc(C(=O)O)n2n1. The summed E-state index contributed by atoms with van der Waals surface area (Å²) in [6, 6.07) is 3.54. The van der Waals surface area contributed by atoms with Crippen molar-refractivity contribution in [3.8, 4) is 0 Å². The lowest BCUT2D eigenvalue weighted by Crippen LogP contribution is -2.16. The third-order valence-electron chi connectivity index (χ3n) is 3.71. The molecule has 1 amide bonds. The minimum atomic E-state index is -1.10. The van der Waals surface area contributed by atoms with E-state index >= 15 is 0 Å². The molecule has 3 rings (SSSR count). The summed E-state index contributed by atoms with van der Waals surface area (Å²) in [4.78, 5) is 26.7. The number of carbonyl (C=O) groups excluding carboxylic acids is 1. The van der Waals surface area contributed by atoms with Gasteiger partial charge in [-0.2, -0.15) is 4.98 Å².